The van der Waals surface area contributed by atoms with Crippen molar-refractivity contribution in [2.24, 2.45) is 11.8 Å². The number of aryl methyl sites for hydroxylation is 1. The Bertz CT molecular complexity index is 887. The largest absolute Gasteiger partial charge is 0.426 e. The van der Waals surface area contributed by atoms with Crippen LogP contribution >= 0.6 is 0 Å². The number of esters is 1. The van der Waals surface area contributed by atoms with Gasteiger partial charge in [-0.25, -0.2) is 4.90 Å². The number of carbonyl (C=O) groups is 3. The lowest BCUT2D eigenvalue weighted by atomic mass is 9.72. The van der Waals surface area contributed by atoms with Crippen molar-refractivity contribution in [2.75, 3.05) is 4.90 Å². The summed E-state index contributed by atoms with van der Waals surface area (Å²) in [5.41, 5.74) is 2.25. The van der Waals surface area contributed by atoms with Crippen LogP contribution in [0.15, 0.2) is 48.5 Å². The number of fused-ring (bicyclic) bond motifs is 3. The van der Waals surface area contributed by atoms with E-state index in [0.717, 1.165) is 16.0 Å². The molecule has 1 saturated heterocycles. The molecule has 4 rings (SSSR count). The fourth-order valence-corrected chi connectivity index (χ4v) is 3.71. The van der Waals surface area contributed by atoms with Gasteiger partial charge in [0.15, 0.2) is 0 Å². The van der Waals surface area contributed by atoms with E-state index in [1.54, 1.807) is 31.2 Å². The SMILES string of the molecule is Cc1ccc(N2C(=O)[C@H]3C(=O)Oc4ccccc4[C@@H]3[C@@H](C)C2=O)cc1. The zero-order chi connectivity index (χ0) is 17.7. The van der Waals surface area contributed by atoms with Crippen LogP contribution < -0.4 is 9.64 Å². The summed E-state index contributed by atoms with van der Waals surface area (Å²) in [6.07, 6.45) is 0. The number of imide groups is 1. The van der Waals surface area contributed by atoms with Crippen molar-refractivity contribution in [3.63, 3.8) is 0 Å². The molecule has 2 aromatic rings. The van der Waals surface area contributed by atoms with Crippen molar-refractivity contribution >= 4 is 23.5 Å². The van der Waals surface area contributed by atoms with Crippen LogP contribution in [0.25, 0.3) is 0 Å². The highest BCUT2D eigenvalue weighted by atomic mass is 16.5. The van der Waals surface area contributed by atoms with E-state index in [1.807, 2.05) is 31.2 Å². The summed E-state index contributed by atoms with van der Waals surface area (Å²) in [4.78, 5) is 39.6. The first kappa shape index (κ1) is 15.6. The zero-order valence-electron chi connectivity index (χ0n) is 13.9. The predicted octanol–water partition coefficient (Wildman–Crippen LogP) is 2.82. The molecule has 0 saturated carbocycles. The minimum Gasteiger partial charge on any atom is -0.426 e. The molecule has 0 spiro atoms. The van der Waals surface area contributed by atoms with Gasteiger partial charge in [-0.1, -0.05) is 42.8 Å². The molecule has 2 heterocycles. The third kappa shape index (κ3) is 2.27. The fraction of sp³-hybridized carbons (Fsp3) is 0.250. The van der Waals surface area contributed by atoms with Crippen LogP contribution in [0.2, 0.25) is 0 Å². The van der Waals surface area contributed by atoms with E-state index < -0.39 is 29.6 Å². The highest BCUT2D eigenvalue weighted by molar-refractivity contribution is 6.23. The first-order chi connectivity index (χ1) is 12.0. The van der Waals surface area contributed by atoms with Gasteiger partial charge in [-0.05, 0) is 25.1 Å². The Labute approximate surface area is 145 Å². The lowest BCUT2D eigenvalue weighted by molar-refractivity contribution is -0.151. The Morgan fingerprint density at radius 1 is 0.920 bits per heavy atom. The van der Waals surface area contributed by atoms with Gasteiger partial charge in [-0.2, -0.15) is 0 Å². The molecule has 5 nitrogen and oxygen atoms in total. The summed E-state index contributed by atoms with van der Waals surface area (Å²) in [6.45, 7) is 3.70. The standard InChI is InChI=1S/C20H17NO4/c1-11-7-9-13(10-8-11)21-18(22)12(2)16-14-5-3-4-6-15(14)25-20(24)17(16)19(21)23/h3-10,12,16-17H,1-2H3/t12-,16+,17+/m1/s1. The second-order valence-corrected chi connectivity index (χ2v) is 6.60. The number of carbonyl (C=O) groups excluding carboxylic acids is 3. The number of rotatable bonds is 1. The summed E-state index contributed by atoms with van der Waals surface area (Å²) in [5.74, 6) is -2.95. The van der Waals surface area contributed by atoms with E-state index in [4.69, 9.17) is 4.74 Å². The molecule has 126 valence electrons. The zero-order valence-corrected chi connectivity index (χ0v) is 13.9. The topological polar surface area (TPSA) is 63.7 Å². The van der Waals surface area contributed by atoms with Crippen molar-refractivity contribution in [1.82, 2.24) is 0 Å². The second kappa shape index (κ2) is 5.55. The summed E-state index contributed by atoms with van der Waals surface area (Å²) in [7, 11) is 0. The fourth-order valence-electron chi connectivity index (χ4n) is 3.71. The number of hydrogen-bond acceptors (Lipinski definition) is 4. The Morgan fingerprint density at radius 3 is 2.32 bits per heavy atom. The smallest absolute Gasteiger partial charge is 0.324 e. The lowest BCUT2D eigenvalue weighted by Crippen LogP contribution is -2.57. The van der Waals surface area contributed by atoms with Gasteiger partial charge in [0.1, 0.15) is 11.7 Å². The maximum Gasteiger partial charge on any atom is 0.324 e. The molecule has 5 heteroatoms. The van der Waals surface area contributed by atoms with Gasteiger partial charge in [0.05, 0.1) is 5.69 Å². The Hall–Kier alpha value is -2.95. The number of ether oxygens (including phenoxy) is 1. The number of benzene rings is 2. The highest BCUT2D eigenvalue weighted by Crippen LogP contribution is 2.46. The van der Waals surface area contributed by atoms with Gasteiger partial charge < -0.3 is 4.74 Å². The molecule has 1 fully saturated rings. The summed E-state index contributed by atoms with van der Waals surface area (Å²) in [5, 5.41) is 0. The van der Waals surface area contributed by atoms with Crippen molar-refractivity contribution < 1.29 is 19.1 Å². The lowest BCUT2D eigenvalue weighted by Gasteiger charge is -2.41. The van der Waals surface area contributed by atoms with Gasteiger partial charge >= 0.3 is 5.97 Å². The number of para-hydroxylation sites is 1. The molecular weight excluding hydrogens is 318 g/mol. The molecule has 2 amide bonds. The van der Waals surface area contributed by atoms with Crippen LogP contribution in [-0.2, 0) is 14.4 Å². The number of hydrogen-bond donors (Lipinski definition) is 0. The van der Waals surface area contributed by atoms with E-state index >= 15 is 0 Å². The molecule has 0 unspecified atom stereocenters. The predicted molar refractivity (Wildman–Crippen MR) is 91.1 cm³/mol. The highest BCUT2D eigenvalue weighted by Gasteiger charge is 2.54. The van der Waals surface area contributed by atoms with Crippen LogP contribution in [0.1, 0.15) is 24.0 Å². The molecule has 0 aromatic heterocycles. The maximum atomic E-state index is 13.0. The van der Waals surface area contributed by atoms with Gasteiger partial charge in [-0.15, -0.1) is 0 Å². The van der Waals surface area contributed by atoms with Gasteiger partial charge in [0, 0.05) is 17.4 Å². The van der Waals surface area contributed by atoms with E-state index in [1.165, 1.54) is 0 Å². The van der Waals surface area contributed by atoms with Gasteiger partial charge in [-0.3, -0.25) is 14.4 Å². The third-order valence-corrected chi connectivity index (χ3v) is 5.03. The maximum absolute atomic E-state index is 13.0. The van der Waals surface area contributed by atoms with Crippen LogP contribution in [0.5, 0.6) is 5.75 Å². The summed E-state index contributed by atoms with van der Waals surface area (Å²) >= 11 is 0. The summed E-state index contributed by atoms with van der Waals surface area (Å²) in [6, 6.07) is 14.2. The van der Waals surface area contributed by atoms with E-state index in [0.29, 0.717) is 11.4 Å². The van der Waals surface area contributed by atoms with Crippen molar-refractivity contribution in [2.45, 2.75) is 19.8 Å². The molecular formula is C20H17NO4. The Balaban J connectivity index is 1.81. The Morgan fingerprint density at radius 2 is 1.60 bits per heavy atom. The van der Waals surface area contributed by atoms with Crippen molar-refractivity contribution in [3.05, 3.63) is 59.7 Å². The third-order valence-electron chi connectivity index (χ3n) is 5.03. The first-order valence-corrected chi connectivity index (χ1v) is 8.24. The average molecular weight is 335 g/mol. The average Bonchev–Trinajstić information content (AvgIpc) is 2.60. The van der Waals surface area contributed by atoms with Gasteiger partial charge in [0.2, 0.25) is 11.8 Å². The first-order valence-electron chi connectivity index (χ1n) is 8.24. The van der Waals surface area contributed by atoms with Crippen molar-refractivity contribution in [3.8, 4) is 5.75 Å². The molecule has 0 bridgehead atoms. The molecule has 2 aliphatic rings. The van der Waals surface area contributed by atoms with Gasteiger partial charge in [0.25, 0.3) is 0 Å². The van der Waals surface area contributed by atoms with E-state index in [9.17, 15) is 14.4 Å². The Kier molecular flexibility index (Phi) is 3.46. The van der Waals surface area contributed by atoms with E-state index in [2.05, 4.69) is 0 Å². The number of amides is 2. The van der Waals surface area contributed by atoms with E-state index in [-0.39, 0.29) is 5.91 Å². The molecule has 0 radical (unpaired) electrons. The van der Waals surface area contributed by atoms with Crippen molar-refractivity contribution in [1.29, 1.82) is 0 Å². The second-order valence-electron chi connectivity index (χ2n) is 6.60. The number of piperidine rings is 1. The summed E-state index contributed by atoms with van der Waals surface area (Å²) < 4.78 is 5.36. The molecule has 25 heavy (non-hydrogen) atoms. The molecule has 2 aliphatic heterocycles. The minimum absolute atomic E-state index is 0.292. The van der Waals surface area contributed by atoms with Crippen LogP contribution in [-0.4, -0.2) is 17.8 Å². The molecule has 0 aliphatic carbocycles. The molecule has 0 N–H and O–H groups in total. The van der Waals surface area contributed by atoms with Crippen LogP contribution in [0, 0.1) is 18.8 Å². The monoisotopic (exact) mass is 335 g/mol. The quantitative estimate of drug-likeness (QED) is 0.348. The van der Waals surface area contributed by atoms with Crippen LogP contribution in [0.3, 0.4) is 0 Å². The van der Waals surface area contributed by atoms with Crippen LogP contribution in [0.4, 0.5) is 5.69 Å². The molecule has 2 aromatic carbocycles. The normalized spacial score (nSPS) is 25.3. The number of anilines is 1. The minimum atomic E-state index is -0.996. The molecule has 3 atom stereocenters. The number of nitrogens with zero attached hydrogens (tertiary/aromatic N) is 1.